The Kier molecular flexibility index (Phi) is 2.49. The lowest BCUT2D eigenvalue weighted by atomic mass is 10.0. The van der Waals surface area contributed by atoms with E-state index in [9.17, 15) is 0 Å². The highest BCUT2D eigenvalue weighted by atomic mass is 16.5. The van der Waals surface area contributed by atoms with Crippen LogP contribution in [0.1, 0.15) is 6.42 Å². The molecule has 1 aromatic rings. The van der Waals surface area contributed by atoms with Crippen molar-refractivity contribution in [1.82, 2.24) is 9.97 Å². The van der Waals surface area contributed by atoms with Gasteiger partial charge < -0.3 is 15.4 Å². The van der Waals surface area contributed by atoms with Gasteiger partial charge in [0.25, 0.3) is 5.88 Å². The molecule has 5 heteroatoms. The Morgan fingerprint density at radius 2 is 2.36 bits per heavy atom. The van der Waals surface area contributed by atoms with Crippen LogP contribution in [-0.2, 0) is 0 Å². The van der Waals surface area contributed by atoms with Crippen LogP contribution in [0.15, 0.2) is 12.4 Å². The smallest absolute Gasteiger partial charge is 0.257 e. The van der Waals surface area contributed by atoms with Gasteiger partial charge in [-0.05, 0) is 6.42 Å². The Hall–Kier alpha value is -1.36. The molecule has 1 aliphatic heterocycles. The molecule has 0 radical (unpaired) electrons. The topological polar surface area (TPSA) is 64.3 Å². The summed E-state index contributed by atoms with van der Waals surface area (Å²) in [6, 6.07) is 0.389. The molecular weight excluding hydrogens is 180 g/mol. The van der Waals surface area contributed by atoms with E-state index in [-0.39, 0.29) is 0 Å². The number of anilines is 1. The lowest BCUT2D eigenvalue weighted by Gasteiger charge is -2.41. The molecule has 1 saturated heterocycles. The third kappa shape index (κ3) is 1.39. The largest absolute Gasteiger partial charge is 0.478 e. The minimum atomic E-state index is 0.389. The first-order chi connectivity index (χ1) is 6.86. The van der Waals surface area contributed by atoms with Gasteiger partial charge in [-0.15, -0.1) is 0 Å². The third-order valence-electron chi connectivity index (χ3n) is 2.53. The van der Waals surface area contributed by atoms with Gasteiger partial charge in [0.1, 0.15) is 0 Å². The van der Waals surface area contributed by atoms with Gasteiger partial charge in [-0.2, -0.15) is 0 Å². The number of nitrogens with two attached hydrogens (primary N) is 1. The molecule has 2 N–H and O–H groups in total. The SMILES string of the molecule is COc1nccnc1N1CCC1CN. The second-order valence-electron chi connectivity index (χ2n) is 3.26. The normalized spacial score (nSPS) is 20.4. The van der Waals surface area contributed by atoms with Crippen LogP contribution in [0.2, 0.25) is 0 Å². The minimum Gasteiger partial charge on any atom is -0.478 e. The van der Waals surface area contributed by atoms with E-state index in [1.165, 1.54) is 0 Å². The summed E-state index contributed by atoms with van der Waals surface area (Å²) in [5.74, 6) is 1.38. The fraction of sp³-hybridized carbons (Fsp3) is 0.556. The maximum Gasteiger partial charge on any atom is 0.257 e. The van der Waals surface area contributed by atoms with Crippen molar-refractivity contribution in [1.29, 1.82) is 0 Å². The summed E-state index contributed by atoms with van der Waals surface area (Å²) in [4.78, 5) is 10.5. The van der Waals surface area contributed by atoms with Crippen molar-refractivity contribution in [3.05, 3.63) is 12.4 Å². The molecule has 0 amide bonds. The highest BCUT2D eigenvalue weighted by Crippen LogP contribution is 2.29. The van der Waals surface area contributed by atoms with E-state index < -0.39 is 0 Å². The van der Waals surface area contributed by atoms with Gasteiger partial charge in [0.15, 0.2) is 5.82 Å². The molecule has 0 bridgehead atoms. The van der Waals surface area contributed by atoms with Crippen LogP contribution >= 0.6 is 0 Å². The predicted octanol–water partition coefficient (Wildman–Crippen LogP) is 0.0226. The van der Waals surface area contributed by atoms with E-state index in [1.807, 2.05) is 0 Å². The van der Waals surface area contributed by atoms with E-state index in [4.69, 9.17) is 10.5 Å². The number of methoxy groups -OCH3 is 1. The molecule has 76 valence electrons. The Bertz CT molecular complexity index is 315. The molecule has 1 fully saturated rings. The van der Waals surface area contributed by atoms with Gasteiger partial charge in [-0.1, -0.05) is 0 Å². The summed E-state index contributed by atoms with van der Waals surface area (Å²) in [6.07, 6.45) is 4.42. The summed E-state index contributed by atoms with van der Waals surface area (Å²) in [6.45, 7) is 1.64. The molecule has 0 spiro atoms. The van der Waals surface area contributed by atoms with Crippen LogP contribution in [-0.4, -0.2) is 36.2 Å². The summed E-state index contributed by atoms with van der Waals surface area (Å²) < 4.78 is 5.14. The number of ether oxygens (including phenoxy) is 1. The van der Waals surface area contributed by atoms with Gasteiger partial charge in [-0.25, -0.2) is 9.97 Å². The van der Waals surface area contributed by atoms with Crippen molar-refractivity contribution in [3.63, 3.8) is 0 Å². The van der Waals surface area contributed by atoms with Crippen LogP contribution < -0.4 is 15.4 Å². The highest BCUT2D eigenvalue weighted by molar-refractivity contribution is 5.51. The molecule has 1 unspecified atom stereocenters. The van der Waals surface area contributed by atoms with Crippen molar-refractivity contribution >= 4 is 5.82 Å². The number of hydrogen-bond donors (Lipinski definition) is 1. The summed E-state index contributed by atoms with van der Waals surface area (Å²) in [5, 5.41) is 0. The maximum absolute atomic E-state index is 5.62. The molecule has 2 heterocycles. The number of hydrogen-bond acceptors (Lipinski definition) is 5. The fourth-order valence-corrected chi connectivity index (χ4v) is 1.62. The second kappa shape index (κ2) is 3.79. The lowest BCUT2D eigenvalue weighted by molar-refractivity contribution is 0.382. The van der Waals surface area contributed by atoms with E-state index >= 15 is 0 Å². The summed E-state index contributed by atoms with van der Waals surface area (Å²) in [5.41, 5.74) is 5.62. The van der Waals surface area contributed by atoms with E-state index in [0.29, 0.717) is 18.5 Å². The van der Waals surface area contributed by atoms with Crippen molar-refractivity contribution in [2.45, 2.75) is 12.5 Å². The van der Waals surface area contributed by atoms with Gasteiger partial charge in [0, 0.05) is 31.5 Å². The van der Waals surface area contributed by atoms with Crippen molar-refractivity contribution in [3.8, 4) is 5.88 Å². The van der Waals surface area contributed by atoms with Gasteiger partial charge in [0.2, 0.25) is 0 Å². The molecule has 0 saturated carbocycles. The zero-order valence-corrected chi connectivity index (χ0v) is 8.18. The molecule has 14 heavy (non-hydrogen) atoms. The standard InChI is InChI=1S/C9H14N4O/c1-14-9-8(11-3-4-12-9)13-5-2-7(13)6-10/h3-4,7H,2,5-6,10H2,1H3. The molecule has 2 rings (SSSR count). The average molecular weight is 194 g/mol. The summed E-state index contributed by atoms with van der Waals surface area (Å²) in [7, 11) is 1.60. The molecule has 0 aromatic carbocycles. The Morgan fingerprint density at radius 1 is 1.57 bits per heavy atom. The first-order valence-electron chi connectivity index (χ1n) is 4.68. The van der Waals surface area contributed by atoms with E-state index in [2.05, 4.69) is 14.9 Å². The second-order valence-corrected chi connectivity index (χ2v) is 3.26. The number of rotatable bonds is 3. The van der Waals surface area contributed by atoms with E-state index in [0.717, 1.165) is 18.8 Å². The van der Waals surface area contributed by atoms with Crippen LogP contribution in [0.5, 0.6) is 5.88 Å². The average Bonchev–Trinajstić information content (AvgIpc) is 2.18. The molecule has 5 nitrogen and oxygen atoms in total. The zero-order valence-electron chi connectivity index (χ0n) is 8.18. The first kappa shape index (κ1) is 9.21. The lowest BCUT2D eigenvalue weighted by Crippen LogP contribution is -2.52. The number of aromatic nitrogens is 2. The summed E-state index contributed by atoms with van der Waals surface area (Å²) >= 11 is 0. The van der Waals surface area contributed by atoms with Crippen LogP contribution in [0.4, 0.5) is 5.82 Å². The van der Waals surface area contributed by atoms with Crippen LogP contribution in [0.3, 0.4) is 0 Å². The molecule has 1 atom stereocenters. The molecule has 0 aliphatic carbocycles. The molecule has 1 aliphatic rings. The maximum atomic E-state index is 5.62. The Balaban J connectivity index is 2.22. The highest BCUT2D eigenvalue weighted by Gasteiger charge is 2.30. The van der Waals surface area contributed by atoms with Crippen molar-refractivity contribution in [2.75, 3.05) is 25.1 Å². The quantitative estimate of drug-likeness (QED) is 0.735. The Labute approximate surface area is 82.9 Å². The molecular formula is C9H14N4O. The fourth-order valence-electron chi connectivity index (χ4n) is 1.62. The van der Waals surface area contributed by atoms with Gasteiger partial charge in [0.05, 0.1) is 7.11 Å². The Morgan fingerprint density at radius 3 is 2.93 bits per heavy atom. The monoisotopic (exact) mass is 194 g/mol. The molecule has 1 aromatic heterocycles. The van der Waals surface area contributed by atoms with Gasteiger partial charge in [-0.3, -0.25) is 0 Å². The van der Waals surface area contributed by atoms with Crippen molar-refractivity contribution < 1.29 is 4.74 Å². The van der Waals surface area contributed by atoms with Crippen LogP contribution in [0, 0.1) is 0 Å². The minimum absolute atomic E-state index is 0.389. The van der Waals surface area contributed by atoms with E-state index in [1.54, 1.807) is 19.5 Å². The van der Waals surface area contributed by atoms with Crippen molar-refractivity contribution in [2.24, 2.45) is 5.73 Å². The first-order valence-corrected chi connectivity index (χ1v) is 4.68. The van der Waals surface area contributed by atoms with Crippen LogP contribution in [0.25, 0.3) is 0 Å². The van der Waals surface area contributed by atoms with Gasteiger partial charge >= 0.3 is 0 Å². The zero-order chi connectivity index (χ0) is 9.97. The number of nitrogens with zero attached hydrogens (tertiary/aromatic N) is 3. The predicted molar refractivity (Wildman–Crippen MR) is 53.4 cm³/mol. The third-order valence-corrected chi connectivity index (χ3v) is 2.53.